The van der Waals surface area contributed by atoms with Gasteiger partial charge in [-0.05, 0) is 24.0 Å². The second-order valence-electron chi connectivity index (χ2n) is 4.36. The lowest BCUT2D eigenvalue weighted by atomic mass is 10.1. The molecule has 0 saturated heterocycles. The topological polar surface area (TPSA) is 24.5 Å². The molecule has 19 heavy (non-hydrogen) atoms. The highest BCUT2D eigenvalue weighted by molar-refractivity contribution is 9.10. The monoisotopic (exact) mass is 346 g/mol. The maximum absolute atomic E-state index is 5.05. The van der Waals surface area contributed by atoms with E-state index in [2.05, 4.69) is 57.6 Å². The Hall–Kier alpha value is -0.230. The number of rotatable bonds is 9. The van der Waals surface area contributed by atoms with Crippen molar-refractivity contribution in [2.24, 2.45) is 0 Å². The van der Waals surface area contributed by atoms with Gasteiger partial charge in [-0.25, -0.2) is 0 Å². The highest BCUT2D eigenvalue weighted by atomic mass is 79.9. The van der Waals surface area contributed by atoms with E-state index < -0.39 is 0 Å². The van der Waals surface area contributed by atoms with Crippen LogP contribution in [0.5, 0.6) is 0 Å². The minimum Gasteiger partial charge on any atom is -0.383 e. The number of benzene rings is 1. The Morgan fingerprint density at radius 3 is 2.89 bits per heavy atom. The maximum atomic E-state index is 5.05. The zero-order valence-corrected chi connectivity index (χ0v) is 14.3. The van der Waals surface area contributed by atoms with E-state index in [9.17, 15) is 0 Å². The van der Waals surface area contributed by atoms with E-state index in [4.69, 9.17) is 4.74 Å². The number of nitrogens with one attached hydrogen (secondary N) is 1. The van der Waals surface area contributed by atoms with Crippen LogP contribution in [0.3, 0.4) is 0 Å². The van der Waals surface area contributed by atoms with Crippen molar-refractivity contribution in [3.8, 4) is 0 Å². The van der Waals surface area contributed by atoms with Gasteiger partial charge < -0.3 is 15.0 Å². The van der Waals surface area contributed by atoms with Crippen molar-refractivity contribution in [2.75, 3.05) is 50.8 Å². The Kier molecular flexibility index (Phi) is 8.53. The Morgan fingerprint density at radius 1 is 1.42 bits per heavy atom. The maximum Gasteiger partial charge on any atom is 0.0587 e. The van der Waals surface area contributed by atoms with Gasteiger partial charge in [0.15, 0.2) is 0 Å². The lowest BCUT2D eigenvalue weighted by molar-refractivity contribution is 0.199. The Bertz CT molecular complexity index is 376. The van der Waals surface area contributed by atoms with Crippen molar-refractivity contribution >= 4 is 33.4 Å². The van der Waals surface area contributed by atoms with Gasteiger partial charge in [-0.15, -0.1) is 0 Å². The van der Waals surface area contributed by atoms with Gasteiger partial charge in [0.05, 0.1) is 6.61 Å². The zero-order chi connectivity index (χ0) is 14.1. The number of halogens is 1. The summed E-state index contributed by atoms with van der Waals surface area (Å²) in [7, 11) is 3.87. The summed E-state index contributed by atoms with van der Waals surface area (Å²) in [6.45, 7) is 3.55. The fourth-order valence-electron chi connectivity index (χ4n) is 1.79. The molecule has 108 valence electrons. The largest absolute Gasteiger partial charge is 0.383 e. The van der Waals surface area contributed by atoms with Gasteiger partial charge in [0.1, 0.15) is 0 Å². The molecule has 0 saturated carbocycles. The summed E-state index contributed by atoms with van der Waals surface area (Å²) in [4.78, 5) is 2.31. The van der Waals surface area contributed by atoms with E-state index in [0.29, 0.717) is 0 Å². The van der Waals surface area contributed by atoms with E-state index in [1.807, 2.05) is 11.8 Å². The molecule has 0 radical (unpaired) electrons. The minimum absolute atomic E-state index is 0.744. The molecule has 0 amide bonds. The third kappa shape index (κ3) is 6.17. The van der Waals surface area contributed by atoms with Gasteiger partial charge in [-0.1, -0.05) is 22.0 Å². The van der Waals surface area contributed by atoms with E-state index in [1.54, 1.807) is 7.11 Å². The summed E-state index contributed by atoms with van der Waals surface area (Å²) < 4.78 is 6.17. The van der Waals surface area contributed by atoms with Crippen LogP contribution in [0.2, 0.25) is 0 Å². The fourth-order valence-corrected chi connectivity index (χ4v) is 2.59. The van der Waals surface area contributed by atoms with Crippen molar-refractivity contribution in [3.05, 3.63) is 28.2 Å². The second-order valence-corrected chi connectivity index (χ2v) is 6.26. The molecule has 0 aromatic heterocycles. The van der Waals surface area contributed by atoms with Crippen molar-refractivity contribution in [1.82, 2.24) is 5.32 Å². The molecule has 0 heterocycles. The Labute approximate surface area is 129 Å². The molecule has 0 unspecified atom stereocenters. The first-order valence-corrected chi connectivity index (χ1v) is 8.56. The number of anilines is 1. The van der Waals surface area contributed by atoms with Crippen LogP contribution in [-0.2, 0) is 11.3 Å². The van der Waals surface area contributed by atoms with Gasteiger partial charge in [-0.3, -0.25) is 0 Å². The summed E-state index contributed by atoms with van der Waals surface area (Å²) >= 11 is 5.43. The summed E-state index contributed by atoms with van der Waals surface area (Å²) in [5, 5.41) is 3.40. The first-order valence-electron chi connectivity index (χ1n) is 6.37. The average molecular weight is 347 g/mol. The molecule has 0 bridgehead atoms. The quantitative estimate of drug-likeness (QED) is 0.694. The zero-order valence-electron chi connectivity index (χ0n) is 11.9. The lowest BCUT2D eigenvalue weighted by Crippen LogP contribution is -2.24. The number of methoxy groups -OCH3 is 1. The van der Waals surface area contributed by atoms with Gasteiger partial charge in [0, 0.05) is 49.7 Å². The molecule has 0 atom stereocenters. The highest BCUT2D eigenvalue weighted by Gasteiger charge is 2.07. The first-order chi connectivity index (χ1) is 9.19. The van der Waals surface area contributed by atoms with Crippen LogP contribution in [0.4, 0.5) is 5.69 Å². The van der Waals surface area contributed by atoms with Gasteiger partial charge >= 0.3 is 0 Å². The van der Waals surface area contributed by atoms with E-state index in [0.717, 1.165) is 36.5 Å². The van der Waals surface area contributed by atoms with Crippen molar-refractivity contribution in [3.63, 3.8) is 0 Å². The van der Waals surface area contributed by atoms with Crippen LogP contribution in [-0.4, -0.2) is 45.9 Å². The number of ether oxygens (including phenoxy) is 1. The fraction of sp³-hybridized carbons (Fsp3) is 0.571. The molecule has 3 nitrogen and oxygen atoms in total. The molecule has 1 rings (SSSR count). The number of hydrogen-bond acceptors (Lipinski definition) is 4. The van der Waals surface area contributed by atoms with E-state index >= 15 is 0 Å². The average Bonchev–Trinajstić information content (AvgIpc) is 2.42. The van der Waals surface area contributed by atoms with Crippen molar-refractivity contribution < 1.29 is 4.74 Å². The molecule has 0 aliphatic carbocycles. The summed E-state index contributed by atoms with van der Waals surface area (Å²) in [6, 6.07) is 6.46. The van der Waals surface area contributed by atoms with Gasteiger partial charge in [0.2, 0.25) is 0 Å². The molecule has 1 N–H and O–H groups in total. The predicted molar refractivity (Wildman–Crippen MR) is 89.4 cm³/mol. The van der Waals surface area contributed by atoms with E-state index in [1.165, 1.54) is 11.3 Å². The van der Waals surface area contributed by atoms with Crippen LogP contribution in [0.15, 0.2) is 22.7 Å². The molecule has 0 fully saturated rings. The Morgan fingerprint density at radius 2 is 2.21 bits per heavy atom. The van der Waals surface area contributed by atoms with Gasteiger partial charge in [0.25, 0.3) is 0 Å². The third-order valence-corrected chi connectivity index (χ3v) is 3.97. The lowest BCUT2D eigenvalue weighted by Gasteiger charge is -2.23. The van der Waals surface area contributed by atoms with Crippen LogP contribution in [0.25, 0.3) is 0 Å². The van der Waals surface area contributed by atoms with Crippen molar-refractivity contribution in [2.45, 2.75) is 6.54 Å². The molecule has 0 aliphatic rings. The van der Waals surface area contributed by atoms with Crippen LogP contribution in [0.1, 0.15) is 5.56 Å². The normalized spacial score (nSPS) is 10.7. The molecule has 1 aromatic carbocycles. The molecule has 5 heteroatoms. The molecule has 0 spiro atoms. The second kappa shape index (κ2) is 9.64. The predicted octanol–water partition coefficient (Wildman–Crippen LogP) is 2.98. The molecular formula is C14H23BrN2OS. The molecular weight excluding hydrogens is 324 g/mol. The minimum atomic E-state index is 0.744. The smallest absolute Gasteiger partial charge is 0.0587 e. The molecule has 0 aliphatic heterocycles. The summed E-state index contributed by atoms with van der Waals surface area (Å²) in [6.07, 6.45) is 2.14. The number of hydrogen-bond donors (Lipinski definition) is 1. The van der Waals surface area contributed by atoms with Crippen molar-refractivity contribution in [1.29, 1.82) is 0 Å². The van der Waals surface area contributed by atoms with Crippen LogP contribution >= 0.6 is 27.7 Å². The molecule has 1 aromatic rings. The number of thioether (sulfide) groups is 1. The SMILES string of the molecule is COCCNCc1ccc(Br)cc1N(C)CCSC. The summed E-state index contributed by atoms with van der Waals surface area (Å²) in [5.41, 5.74) is 2.61. The van der Waals surface area contributed by atoms with Crippen LogP contribution < -0.4 is 10.2 Å². The number of nitrogens with zero attached hydrogens (tertiary/aromatic N) is 1. The Balaban J connectivity index is 2.67. The first kappa shape index (κ1) is 16.8. The summed E-state index contributed by atoms with van der Waals surface area (Å²) in [5.74, 6) is 1.14. The van der Waals surface area contributed by atoms with Gasteiger partial charge in [-0.2, -0.15) is 11.8 Å². The van der Waals surface area contributed by atoms with Crippen LogP contribution in [0, 0.1) is 0 Å². The van der Waals surface area contributed by atoms with E-state index in [-0.39, 0.29) is 0 Å². The standard InChI is InChI=1S/C14H23BrN2OS/c1-17(7-9-19-3)14-10-13(15)5-4-12(14)11-16-6-8-18-2/h4-5,10,16H,6-9,11H2,1-3H3. The highest BCUT2D eigenvalue weighted by Crippen LogP contribution is 2.24. The third-order valence-electron chi connectivity index (χ3n) is 2.89.